The first-order chi connectivity index (χ1) is 12.2. The van der Waals surface area contributed by atoms with Crippen LogP contribution in [0, 0.1) is 6.92 Å². The molecule has 0 saturated carbocycles. The molecule has 0 aliphatic rings. The molecule has 1 heterocycles. The van der Waals surface area contributed by atoms with Crippen molar-refractivity contribution in [3.63, 3.8) is 0 Å². The number of carbonyl (C=O) groups is 1. The van der Waals surface area contributed by atoms with E-state index in [1.165, 1.54) is 22.5 Å². The third-order valence-corrected chi connectivity index (χ3v) is 5.58. The van der Waals surface area contributed by atoms with E-state index in [2.05, 4.69) is 29.4 Å². The van der Waals surface area contributed by atoms with Crippen LogP contribution < -0.4 is 10.1 Å². The Kier molecular flexibility index (Phi) is 5.94. The van der Waals surface area contributed by atoms with Crippen molar-refractivity contribution in [3.8, 4) is 5.75 Å². The number of thiazole rings is 1. The monoisotopic (exact) mass is 372 g/mol. The van der Waals surface area contributed by atoms with E-state index in [0.717, 1.165) is 21.7 Å². The van der Waals surface area contributed by atoms with Crippen LogP contribution in [0.25, 0.3) is 10.2 Å². The number of thioether (sulfide) groups is 1. The number of aryl methyl sites for hydroxylation is 1. The van der Waals surface area contributed by atoms with Gasteiger partial charge < -0.3 is 10.1 Å². The molecular weight excluding hydrogens is 352 g/mol. The summed E-state index contributed by atoms with van der Waals surface area (Å²) in [5.74, 6) is 2.04. The van der Waals surface area contributed by atoms with Crippen LogP contribution in [0.4, 0.5) is 5.13 Å². The Morgan fingerprint density at radius 3 is 2.92 bits per heavy atom. The lowest BCUT2D eigenvalue weighted by atomic mass is 10.1. The average Bonchev–Trinajstić information content (AvgIpc) is 2.98. The van der Waals surface area contributed by atoms with Crippen molar-refractivity contribution in [2.45, 2.75) is 19.6 Å². The Balaban J connectivity index is 1.55. The molecule has 0 unspecified atom stereocenters. The molecule has 6 heteroatoms. The second kappa shape index (κ2) is 8.36. The van der Waals surface area contributed by atoms with E-state index in [1.807, 2.05) is 37.3 Å². The molecule has 1 amide bonds. The zero-order valence-corrected chi connectivity index (χ0v) is 15.9. The molecule has 3 rings (SSSR count). The number of hydrogen-bond donors (Lipinski definition) is 1. The summed E-state index contributed by atoms with van der Waals surface area (Å²) in [4.78, 5) is 16.6. The first kappa shape index (κ1) is 17.8. The minimum absolute atomic E-state index is 0.0253. The summed E-state index contributed by atoms with van der Waals surface area (Å²) in [7, 11) is 0. The predicted molar refractivity (Wildman–Crippen MR) is 107 cm³/mol. The van der Waals surface area contributed by atoms with Crippen molar-refractivity contribution in [1.82, 2.24) is 4.98 Å². The van der Waals surface area contributed by atoms with Crippen molar-refractivity contribution in [2.24, 2.45) is 0 Å². The van der Waals surface area contributed by atoms with Crippen LogP contribution in [0.2, 0.25) is 0 Å². The van der Waals surface area contributed by atoms with Gasteiger partial charge in [-0.1, -0.05) is 35.6 Å². The van der Waals surface area contributed by atoms with E-state index < -0.39 is 0 Å². The molecule has 0 aliphatic carbocycles. The molecule has 25 heavy (non-hydrogen) atoms. The number of nitrogens with zero attached hydrogens (tertiary/aromatic N) is 1. The summed E-state index contributed by atoms with van der Waals surface area (Å²) < 4.78 is 6.51. The summed E-state index contributed by atoms with van der Waals surface area (Å²) in [6, 6.07) is 14.0. The second-order valence-corrected chi connectivity index (χ2v) is 7.57. The predicted octanol–water partition coefficient (Wildman–Crippen LogP) is 4.88. The van der Waals surface area contributed by atoms with E-state index >= 15 is 0 Å². The maximum absolute atomic E-state index is 12.1. The van der Waals surface area contributed by atoms with Crippen LogP contribution in [-0.2, 0) is 10.5 Å². The van der Waals surface area contributed by atoms with Gasteiger partial charge in [0.2, 0.25) is 5.91 Å². The van der Waals surface area contributed by atoms with E-state index in [0.29, 0.717) is 17.5 Å². The fraction of sp³-hybridized carbons (Fsp3) is 0.263. The summed E-state index contributed by atoms with van der Waals surface area (Å²) >= 11 is 3.07. The van der Waals surface area contributed by atoms with Crippen LogP contribution in [0.15, 0.2) is 42.5 Å². The van der Waals surface area contributed by atoms with Crippen LogP contribution in [0.3, 0.4) is 0 Å². The first-order valence-electron chi connectivity index (χ1n) is 8.11. The average molecular weight is 373 g/mol. The Labute approximate surface area is 155 Å². The molecule has 0 atom stereocenters. The molecule has 4 nitrogen and oxygen atoms in total. The highest BCUT2D eigenvalue weighted by atomic mass is 32.2. The number of rotatable bonds is 7. The molecule has 0 radical (unpaired) electrons. The maximum atomic E-state index is 12.1. The van der Waals surface area contributed by atoms with E-state index in [4.69, 9.17) is 4.74 Å². The Bertz CT molecular complexity index is 877. The summed E-state index contributed by atoms with van der Waals surface area (Å²) in [6.07, 6.45) is 0. The Morgan fingerprint density at radius 2 is 2.12 bits per heavy atom. The zero-order valence-electron chi connectivity index (χ0n) is 14.2. The van der Waals surface area contributed by atoms with Crippen molar-refractivity contribution < 1.29 is 9.53 Å². The molecule has 1 aromatic heterocycles. The number of fused-ring (bicyclic) bond motifs is 1. The third kappa shape index (κ3) is 4.74. The van der Waals surface area contributed by atoms with Gasteiger partial charge in [-0.05, 0) is 43.2 Å². The van der Waals surface area contributed by atoms with E-state index in [-0.39, 0.29) is 5.91 Å². The largest absolute Gasteiger partial charge is 0.494 e. The maximum Gasteiger partial charge on any atom is 0.236 e. The van der Waals surface area contributed by atoms with Gasteiger partial charge in [0.1, 0.15) is 5.75 Å². The minimum Gasteiger partial charge on any atom is -0.494 e. The number of nitrogens with one attached hydrogen (secondary N) is 1. The quantitative estimate of drug-likeness (QED) is 0.642. The van der Waals surface area contributed by atoms with Gasteiger partial charge in [0.05, 0.1) is 22.6 Å². The first-order valence-corrected chi connectivity index (χ1v) is 10.1. The summed E-state index contributed by atoms with van der Waals surface area (Å²) in [6.45, 7) is 4.68. The second-order valence-electron chi connectivity index (χ2n) is 5.55. The molecule has 1 N–H and O–H groups in total. The summed E-state index contributed by atoms with van der Waals surface area (Å²) in [5.41, 5.74) is 3.40. The van der Waals surface area contributed by atoms with Gasteiger partial charge in [-0.2, -0.15) is 0 Å². The number of benzene rings is 2. The lowest BCUT2D eigenvalue weighted by molar-refractivity contribution is -0.113. The molecule has 0 aliphatic heterocycles. The Morgan fingerprint density at radius 1 is 1.28 bits per heavy atom. The van der Waals surface area contributed by atoms with Crippen LogP contribution in [0.5, 0.6) is 5.75 Å². The summed E-state index contributed by atoms with van der Waals surface area (Å²) in [5, 5.41) is 3.52. The highest BCUT2D eigenvalue weighted by Crippen LogP contribution is 2.29. The smallest absolute Gasteiger partial charge is 0.236 e. The highest BCUT2D eigenvalue weighted by Gasteiger charge is 2.09. The zero-order chi connectivity index (χ0) is 17.6. The van der Waals surface area contributed by atoms with Crippen LogP contribution in [-0.4, -0.2) is 23.3 Å². The van der Waals surface area contributed by atoms with Crippen molar-refractivity contribution >= 4 is 44.4 Å². The highest BCUT2D eigenvalue weighted by molar-refractivity contribution is 7.99. The van der Waals surface area contributed by atoms with Gasteiger partial charge in [-0.3, -0.25) is 4.79 Å². The molecule has 0 spiro atoms. The normalized spacial score (nSPS) is 10.8. The number of hydrogen-bond acceptors (Lipinski definition) is 5. The van der Waals surface area contributed by atoms with Crippen molar-refractivity contribution in [2.75, 3.05) is 17.7 Å². The SMILES string of the molecule is CCOc1ccc2nc(NC(=O)CSCc3ccccc3C)sc2c1. The molecular formula is C19H20N2O2S2. The van der Waals surface area contributed by atoms with Gasteiger partial charge in [0, 0.05) is 5.75 Å². The van der Waals surface area contributed by atoms with Crippen molar-refractivity contribution in [3.05, 3.63) is 53.6 Å². The number of amides is 1. The van der Waals surface area contributed by atoms with Gasteiger partial charge in [0.25, 0.3) is 0 Å². The minimum atomic E-state index is -0.0253. The lowest BCUT2D eigenvalue weighted by Crippen LogP contribution is -2.13. The number of aromatic nitrogens is 1. The van der Waals surface area contributed by atoms with Crippen LogP contribution in [0.1, 0.15) is 18.1 Å². The number of ether oxygens (including phenoxy) is 1. The van der Waals surface area contributed by atoms with E-state index in [1.54, 1.807) is 11.8 Å². The topological polar surface area (TPSA) is 51.2 Å². The van der Waals surface area contributed by atoms with Crippen molar-refractivity contribution in [1.29, 1.82) is 0 Å². The standard InChI is InChI=1S/C19H20N2O2S2/c1-3-23-15-8-9-16-17(10-15)25-19(20-16)21-18(22)12-24-11-14-7-5-4-6-13(14)2/h4-10H,3,11-12H2,1-2H3,(H,20,21,22). The van der Waals surface area contributed by atoms with Gasteiger partial charge in [-0.25, -0.2) is 4.98 Å². The fourth-order valence-electron chi connectivity index (χ4n) is 2.40. The number of anilines is 1. The van der Waals surface area contributed by atoms with Gasteiger partial charge >= 0.3 is 0 Å². The number of carbonyl (C=O) groups excluding carboxylic acids is 1. The molecule has 2 aromatic carbocycles. The fourth-order valence-corrected chi connectivity index (χ4v) is 4.21. The molecule has 3 aromatic rings. The van der Waals surface area contributed by atoms with Gasteiger partial charge in [0.15, 0.2) is 5.13 Å². The Hall–Kier alpha value is -2.05. The van der Waals surface area contributed by atoms with Gasteiger partial charge in [-0.15, -0.1) is 11.8 Å². The third-order valence-electron chi connectivity index (χ3n) is 3.67. The molecule has 0 saturated heterocycles. The molecule has 0 fully saturated rings. The lowest BCUT2D eigenvalue weighted by Gasteiger charge is -2.05. The van der Waals surface area contributed by atoms with E-state index in [9.17, 15) is 4.79 Å². The van der Waals surface area contributed by atoms with Crippen LogP contribution >= 0.6 is 23.1 Å². The molecule has 0 bridgehead atoms. The molecule has 130 valence electrons.